The molecule has 6 heteroatoms. The summed E-state index contributed by atoms with van der Waals surface area (Å²) >= 11 is 0. The Bertz CT molecular complexity index is 394. The molecule has 6 nitrogen and oxygen atoms in total. The summed E-state index contributed by atoms with van der Waals surface area (Å²) in [5.41, 5.74) is 1.22. The zero-order chi connectivity index (χ0) is 9.97. The minimum absolute atomic E-state index is 0.535. The zero-order valence-corrected chi connectivity index (χ0v) is 7.75. The van der Waals surface area contributed by atoms with E-state index < -0.39 is 6.10 Å². The monoisotopic (exact) mass is 193 g/mol. The molecule has 74 valence electrons. The van der Waals surface area contributed by atoms with Gasteiger partial charge in [-0.15, -0.1) is 5.10 Å². The quantitative estimate of drug-likeness (QED) is 0.724. The Morgan fingerprint density at radius 3 is 3.07 bits per heavy atom. The van der Waals surface area contributed by atoms with Gasteiger partial charge in [0.25, 0.3) is 0 Å². The first kappa shape index (κ1) is 8.89. The van der Waals surface area contributed by atoms with Crippen molar-refractivity contribution >= 4 is 0 Å². The van der Waals surface area contributed by atoms with Gasteiger partial charge in [0.05, 0.1) is 12.4 Å². The van der Waals surface area contributed by atoms with Crippen LogP contribution in [0.3, 0.4) is 0 Å². The predicted molar refractivity (Wildman–Crippen MR) is 48.3 cm³/mol. The van der Waals surface area contributed by atoms with Gasteiger partial charge >= 0.3 is 0 Å². The van der Waals surface area contributed by atoms with Crippen molar-refractivity contribution in [3.05, 3.63) is 29.8 Å². The van der Waals surface area contributed by atoms with Crippen molar-refractivity contribution in [2.45, 2.75) is 19.6 Å². The molecule has 0 bridgehead atoms. The molecule has 14 heavy (non-hydrogen) atoms. The third-order valence-corrected chi connectivity index (χ3v) is 2.00. The number of hydrogen-bond acceptors (Lipinski definition) is 4. The maximum absolute atomic E-state index is 9.81. The van der Waals surface area contributed by atoms with Crippen molar-refractivity contribution in [3.8, 4) is 0 Å². The number of nitrogens with zero attached hydrogens (tertiary/aromatic N) is 4. The Hall–Kier alpha value is -1.69. The molecule has 0 aliphatic heterocycles. The average Bonchev–Trinajstić information content (AvgIpc) is 2.88. The number of aryl methyl sites for hydroxylation is 1. The number of aliphatic hydroxyl groups excluding tert-OH is 1. The summed E-state index contributed by atoms with van der Waals surface area (Å²) in [5, 5.41) is 23.9. The smallest absolute Gasteiger partial charge is 0.127 e. The highest BCUT2D eigenvalue weighted by Gasteiger charge is 2.14. The molecule has 1 unspecified atom stereocenters. The van der Waals surface area contributed by atoms with E-state index in [9.17, 15) is 5.11 Å². The fourth-order valence-electron chi connectivity index (χ4n) is 1.17. The van der Waals surface area contributed by atoms with E-state index >= 15 is 0 Å². The fraction of sp³-hybridized carbons (Fsp3) is 0.375. The van der Waals surface area contributed by atoms with Crippen molar-refractivity contribution in [1.29, 1.82) is 0 Å². The minimum Gasteiger partial charge on any atom is -0.382 e. The first-order valence-electron chi connectivity index (χ1n) is 4.38. The molecule has 0 amide bonds. The number of H-pyrrole nitrogens is 1. The minimum atomic E-state index is -0.756. The van der Waals surface area contributed by atoms with Crippen LogP contribution < -0.4 is 0 Å². The molecule has 0 saturated heterocycles. The Labute approximate surface area is 80.6 Å². The number of nitrogens with one attached hydrogen (secondary N) is 1. The lowest BCUT2D eigenvalue weighted by atomic mass is 10.1. The van der Waals surface area contributed by atoms with Crippen LogP contribution in [-0.4, -0.2) is 30.3 Å². The third kappa shape index (κ3) is 1.51. The van der Waals surface area contributed by atoms with Gasteiger partial charge in [0, 0.05) is 18.3 Å². The molecule has 0 fully saturated rings. The summed E-state index contributed by atoms with van der Waals surface area (Å²) in [6.45, 7) is 2.70. The molecule has 0 aliphatic rings. The van der Waals surface area contributed by atoms with Crippen molar-refractivity contribution < 1.29 is 5.11 Å². The lowest BCUT2D eigenvalue weighted by Crippen LogP contribution is -1.98. The standard InChI is InChI=1S/C8H11N5O/c1-2-13-5-7(11-12-13)8(14)6-3-9-10-4-6/h3-5,8,14H,2H2,1H3,(H,9,10). The van der Waals surface area contributed by atoms with E-state index in [-0.39, 0.29) is 0 Å². The molecule has 0 spiro atoms. The number of aromatic nitrogens is 5. The Balaban J connectivity index is 2.23. The van der Waals surface area contributed by atoms with E-state index in [1.54, 1.807) is 23.3 Å². The Kier molecular flexibility index (Phi) is 2.28. The molecule has 2 aromatic heterocycles. The van der Waals surface area contributed by atoms with Gasteiger partial charge in [0.1, 0.15) is 11.8 Å². The van der Waals surface area contributed by atoms with Crippen LogP contribution in [-0.2, 0) is 6.54 Å². The summed E-state index contributed by atoms with van der Waals surface area (Å²) in [7, 11) is 0. The van der Waals surface area contributed by atoms with E-state index in [1.165, 1.54) is 0 Å². The molecule has 0 aliphatic carbocycles. The van der Waals surface area contributed by atoms with Crippen molar-refractivity contribution in [3.63, 3.8) is 0 Å². The summed E-state index contributed by atoms with van der Waals surface area (Å²) in [4.78, 5) is 0. The van der Waals surface area contributed by atoms with Gasteiger partial charge in [0.2, 0.25) is 0 Å². The first-order chi connectivity index (χ1) is 6.81. The maximum atomic E-state index is 9.81. The van der Waals surface area contributed by atoms with E-state index in [0.29, 0.717) is 11.3 Å². The number of aliphatic hydroxyl groups is 1. The average molecular weight is 193 g/mol. The van der Waals surface area contributed by atoms with Crippen LogP contribution in [0.1, 0.15) is 24.3 Å². The van der Waals surface area contributed by atoms with Gasteiger partial charge in [-0.2, -0.15) is 5.10 Å². The summed E-state index contributed by atoms with van der Waals surface area (Å²) in [6.07, 6.45) is 4.16. The molecule has 2 N–H and O–H groups in total. The summed E-state index contributed by atoms with van der Waals surface area (Å²) in [5.74, 6) is 0. The van der Waals surface area contributed by atoms with Crippen LogP contribution in [0.5, 0.6) is 0 Å². The molecule has 0 saturated carbocycles. The molecule has 0 aromatic carbocycles. The highest BCUT2D eigenvalue weighted by molar-refractivity contribution is 5.17. The van der Waals surface area contributed by atoms with Gasteiger partial charge in [-0.1, -0.05) is 5.21 Å². The zero-order valence-electron chi connectivity index (χ0n) is 7.75. The second-order valence-electron chi connectivity index (χ2n) is 2.93. The van der Waals surface area contributed by atoms with Gasteiger partial charge in [-0.3, -0.25) is 9.78 Å². The Morgan fingerprint density at radius 1 is 1.64 bits per heavy atom. The lowest BCUT2D eigenvalue weighted by molar-refractivity contribution is 0.215. The maximum Gasteiger partial charge on any atom is 0.127 e. The summed E-state index contributed by atoms with van der Waals surface area (Å²) in [6, 6.07) is 0. The second kappa shape index (κ2) is 3.59. The fourth-order valence-corrected chi connectivity index (χ4v) is 1.17. The molecule has 1 atom stereocenters. The van der Waals surface area contributed by atoms with Crippen molar-refractivity contribution in [2.75, 3.05) is 0 Å². The molecule has 2 heterocycles. The van der Waals surface area contributed by atoms with Crippen molar-refractivity contribution in [2.24, 2.45) is 0 Å². The van der Waals surface area contributed by atoms with Crippen LogP contribution in [0.15, 0.2) is 18.6 Å². The molecule has 2 aromatic rings. The third-order valence-electron chi connectivity index (χ3n) is 2.00. The van der Waals surface area contributed by atoms with E-state index in [4.69, 9.17) is 0 Å². The van der Waals surface area contributed by atoms with Gasteiger partial charge in [-0.25, -0.2) is 0 Å². The van der Waals surface area contributed by atoms with E-state index in [2.05, 4.69) is 20.5 Å². The highest BCUT2D eigenvalue weighted by Crippen LogP contribution is 2.17. The largest absolute Gasteiger partial charge is 0.382 e. The number of rotatable bonds is 3. The van der Waals surface area contributed by atoms with E-state index in [1.807, 2.05) is 6.92 Å². The SMILES string of the molecule is CCn1cc(C(O)c2cn[nH]c2)nn1. The normalized spacial score (nSPS) is 13.0. The van der Waals surface area contributed by atoms with Gasteiger partial charge < -0.3 is 5.11 Å². The number of aromatic amines is 1. The predicted octanol–water partition coefficient (Wildman–Crippen LogP) is 0.103. The van der Waals surface area contributed by atoms with Crippen LogP contribution in [0.25, 0.3) is 0 Å². The van der Waals surface area contributed by atoms with Crippen LogP contribution in [0, 0.1) is 0 Å². The first-order valence-corrected chi connectivity index (χ1v) is 4.38. The molecular weight excluding hydrogens is 182 g/mol. The van der Waals surface area contributed by atoms with Crippen LogP contribution >= 0.6 is 0 Å². The van der Waals surface area contributed by atoms with Crippen LogP contribution in [0.2, 0.25) is 0 Å². The molecule has 0 radical (unpaired) electrons. The Morgan fingerprint density at radius 2 is 2.50 bits per heavy atom. The highest BCUT2D eigenvalue weighted by atomic mass is 16.3. The number of hydrogen-bond donors (Lipinski definition) is 2. The summed E-state index contributed by atoms with van der Waals surface area (Å²) < 4.78 is 1.67. The van der Waals surface area contributed by atoms with E-state index in [0.717, 1.165) is 6.54 Å². The molecule has 2 rings (SSSR count). The topological polar surface area (TPSA) is 79.6 Å². The second-order valence-corrected chi connectivity index (χ2v) is 2.93. The molecular formula is C8H11N5O. The lowest BCUT2D eigenvalue weighted by Gasteiger charge is -2.01. The van der Waals surface area contributed by atoms with Gasteiger partial charge in [0.15, 0.2) is 0 Å². The van der Waals surface area contributed by atoms with Crippen LogP contribution in [0.4, 0.5) is 0 Å². The van der Waals surface area contributed by atoms with Crippen molar-refractivity contribution in [1.82, 2.24) is 25.2 Å². The van der Waals surface area contributed by atoms with Gasteiger partial charge in [-0.05, 0) is 6.92 Å².